The van der Waals surface area contributed by atoms with Gasteiger partial charge in [0.2, 0.25) is 5.89 Å². The first kappa shape index (κ1) is 24.7. The minimum atomic E-state index is -0.214. The molecular formula is C28H30N2O4S. The van der Waals surface area contributed by atoms with E-state index in [1.165, 1.54) is 0 Å². The summed E-state index contributed by atoms with van der Waals surface area (Å²) in [6.45, 7) is 6.20. The molecule has 0 amide bonds. The van der Waals surface area contributed by atoms with E-state index >= 15 is 0 Å². The number of hydrogen-bond acceptors (Lipinski definition) is 7. The van der Waals surface area contributed by atoms with Crippen molar-refractivity contribution >= 4 is 17.3 Å². The van der Waals surface area contributed by atoms with Crippen molar-refractivity contribution in [2.24, 2.45) is 0 Å². The first-order valence-electron chi connectivity index (χ1n) is 11.7. The molecule has 0 radical (unpaired) electrons. The maximum Gasteiger partial charge on any atom is 0.320 e. The van der Waals surface area contributed by atoms with Crippen LogP contribution in [0.2, 0.25) is 0 Å². The second kappa shape index (κ2) is 12.3. The summed E-state index contributed by atoms with van der Waals surface area (Å²) in [4.78, 5) is 19.9. The van der Waals surface area contributed by atoms with Gasteiger partial charge in [-0.25, -0.2) is 4.98 Å². The molecule has 4 aromatic rings. The zero-order valence-electron chi connectivity index (χ0n) is 20.1. The van der Waals surface area contributed by atoms with Crippen molar-refractivity contribution < 1.29 is 18.7 Å². The van der Waals surface area contributed by atoms with Crippen molar-refractivity contribution in [1.29, 1.82) is 0 Å². The van der Waals surface area contributed by atoms with E-state index in [2.05, 4.69) is 22.0 Å². The van der Waals surface area contributed by atoms with E-state index in [0.717, 1.165) is 33.2 Å². The van der Waals surface area contributed by atoms with Crippen LogP contribution in [0.4, 0.5) is 0 Å². The van der Waals surface area contributed by atoms with Gasteiger partial charge in [0.15, 0.2) is 0 Å². The lowest BCUT2D eigenvalue weighted by Crippen LogP contribution is -2.30. The lowest BCUT2D eigenvalue weighted by molar-refractivity contribution is -0.144. The van der Waals surface area contributed by atoms with E-state index in [0.29, 0.717) is 38.6 Å². The molecule has 0 aliphatic rings. The van der Waals surface area contributed by atoms with Gasteiger partial charge < -0.3 is 13.9 Å². The Kier molecular flexibility index (Phi) is 8.70. The Labute approximate surface area is 210 Å². The van der Waals surface area contributed by atoms with Gasteiger partial charge in [-0.1, -0.05) is 48.5 Å². The number of aryl methyl sites for hydroxylation is 1. The molecule has 0 aliphatic carbocycles. The zero-order valence-corrected chi connectivity index (χ0v) is 20.9. The predicted molar refractivity (Wildman–Crippen MR) is 137 cm³/mol. The van der Waals surface area contributed by atoms with Crippen LogP contribution in [0.25, 0.3) is 10.8 Å². The number of nitrogens with zero attached hydrogens (tertiary/aromatic N) is 2. The number of oxazole rings is 1. The molecule has 2 aromatic heterocycles. The van der Waals surface area contributed by atoms with Gasteiger partial charge in [0.05, 0.1) is 30.3 Å². The number of ether oxygens (including phenoxy) is 2. The predicted octanol–water partition coefficient (Wildman–Crippen LogP) is 5.90. The summed E-state index contributed by atoms with van der Waals surface area (Å²) in [6.07, 6.45) is 0.673. The molecule has 0 fully saturated rings. The molecule has 0 atom stereocenters. The summed E-state index contributed by atoms with van der Waals surface area (Å²) < 4.78 is 16.9. The second-order valence-electron chi connectivity index (χ2n) is 8.18. The van der Waals surface area contributed by atoms with Crippen molar-refractivity contribution in [3.63, 3.8) is 0 Å². The Hall–Kier alpha value is -3.42. The summed E-state index contributed by atoms with van der Waals surface area (Å²) in [6, 6.07) is 22.1. The third kappa shape index (κ3) is 7.28. The van der Waals surface area contributed by atoms with Crippen molar-refractivity contribution in [3.8, 4) is 16.5 Å². The molecule has 35 heavy (non-hydrogen) atoms. The second-order valence-corrected chi connectivity index (χ2v) is 9.13. The number of carbonyl (C=O) groups excluding carboxylic acids is 1. The smallest absolute Gasteiger partial charge is 0.320 e. The van der Waals surface area contributed by atoms with Gasteiger partial charge in [-0.15, -0.1) is 11.3 Å². The van der Waals surface area contributed by atoms with Crippen LogP contribution < -0.4 is 4.74 Å². The van der Waals surface area contributed by atoms with Gasteiger partial charge in [-0.3, -0.25) is 9.69 Å². The molecule has 182 valence electrons. The van der Waals surface area contributed by atoms with Gasteiger partial charge >= 0.3 is 5.97 Å². The van der Waals surface area contributed by atoms with E-state index in [4.69, 9.17) is 13.9 Å². The van der Waals surface area contributed by atoms with Crippen LogP contribution in [0, 0.1) is 6.92 Å². The number of rotatable bonds is 12. The summed E-state index contributed by atoms with van der Waals surface area (Å²) in [7, 11) is 0. The highest BCUT2D eigenvalue weighted by atomic mass is 32.1. The zero-order chi connectivity index (χ0) is 24.5. The molecule has 0 saturated carbocycles. The third-order valence-electron chi connectivity index (χ3n) is 5.47. The summed E-state index contributed by atoms with van der Waals surface area (Å²) in [5, 5.41) is 2.01. The SMILES string of the molecule is CCOC(=O)CN(Cc1ccccc1)Cc1ccc(OCCc2nc(-c3cccs3)oc2C)cc1. The largest absolute Gasteiger partial charge is 0.493 e. The number of esters is 1. The van der Waals surface area contributed by atoms with Gasteiger partial charge in [-0.2, -0.15) is 0 Å². The lowest BCUT2D eigenvalue weighted by Gasteiger charge is -2.21. The average molecular weight is 491 g/mol. The highest BCUT2D eigenvalue weighted by molar-refractivity contribution is 7.13. The maximum absolute atomic E-state index is 12.1. The van der Waals surface area contributed by atoms with Crippen molar-refractivity contribution in [2.45, 2.75) is 33.4 Å². The number of thiophene rings is 1. The number of aromatic nitrogens is 1. The van der Waals surface area contributed by atoms with Crippen LogP contribution >= 0.6 is 11.3 Å². The molecule has 0 saturated heterocycles. The van der Waals surface area contributed by atoms with E-state index < -0.39 is 0 Å². The fourth-order valence-corrected chi connectivity index (χ4v) is 4.43. The molecule has 6 nitrogen and oxygen atoms in total. The van der Waals surface area contributed by atoms with Crippen molar-refractivity contribution in [2.75, 3.05) is 19.8 Å². The number of benzene rings is 2. The molecule has 2 heterocycles. The Morgan fingerprint density at radius 3 is 2.43 bits per heavy atom. The van der Waals surface area contributed by atoms with Crippen LogP contribution in [0.1, 0.15) is 29.5 Å². The van der Waals surface area contributed by atoms with Crippen molar-refractivity contribution in [3.05, 3.63) is 94.7 Å². The number of carbonyl (C=O) groups is 1. The van der Waals surface area contributed by atoms with E-state index in [-0.39, 0.29) is 12.5 Å². The molecule has 7 heteroatoms. The van der Waals surface area contributed by atoms with Crippen LogP contribution in [0.3, 0.4) is 0 Å². The third-order valence-corrected chi connectivity index (χ3v) is 6.33. The minimum Gasteiger partial charge on any atom is -0.493 e. The van der Waals surface area contributed by atoms with E-state index in [1.54, 1.807) is 11.3 Å². The maximum atomic E-state index is 12.1. The molecule has 0 bridgehead atoms. The Bertz CT molecular complexity index is 1190. The van der Waals surface area contributed by atoms with Crippen LogP contribution in [-0.2, 0) is 29.0 Å². The highest BCUT2D eigenvalue weighted by Crippen LogP contribution is 2.26. The number of hydrogen-bond donors (Lipinski definition) is 0. The monoisotopic (exact) mass is 490 g/mol. The van der Waals surface area contributed by atoms with Gasteiger partial charge in [0.25, 0.3) is 0 Å². The van der Waals surface area contributed by atoms with Crippen molar-refractivity contribution in [1.82, 2.24) is 9.88 Å². The molecule has 2 aromatic carbocycles. The fourth-order valence-electron chi connectivity index (χ4n) is 3.78. The Balaban J connectivity index is 1.31. The Morgan fingerprint density at radius 2 is 1.74 bits per heavy atom. The average Bonchev–Trinajstić information content (AvgIpc) is 3.51. The van der Waals surface area contributed by atoms with Gasteiger partial charge in [-0.05, 0) is 48.6 Å². The highest BCUT2D eigenvalue weighted by Gasteiger charge is 2.14. The molecule has 0 unspecified atom stereocenters. The summed E-state index contributed by atoms with van der Waals surface area (Å²) in [5.41, 5.74) is 3.17. The first-order chi connectivity index (χ1) is 17.1. The van der Waals surface area contributed by atoms with Gasteiger partial charge in [0, 0.05) is 19.5 Å². The molecular weight excluding hydrogens is 460 g/mol. The van der Waals surface area contributed by atoms with E-state index in [9.17, 15) is 4.79 Å². The first-order valence-corrected chi connectivity index (χ1v) is 12.6. The van der Waals surface area contributed by atoms with Gasteiger partial charge in [0.1, 0.15) is 11.5 Å². The minimum absolute atomic E-state index is 0.214. The summed E-state index contributed by atoms with van der Waals surface area (Å²) >= 11 is 1.61. The molecule has 0 N–H and O–H groups in total. The summed E-state index contributed by atoms with van der Waals surface area (Å²) in [5.74, 6) is 2.08. The fraction of sp³-hybridized carbons (Fsp3) is 0.286. The standard InChI is InChI=1S/C28H30N2O4S/c1-3-32-27(31)20-30(18-22-8-5-4-6-9-22)19-23-11-13-24(14-12-23)33-16-15-25-21(2)34-28(29-25)26-10-7-17-35-26/h4-14,17H,3,15-16,18-20H2,1-2H3. The lowest BCUT2D eigenvalue weighted by atomic mass is 10.1. The molecule has 0 spiro atoms. The Morgan fingerprint density at radius 1 is 1.00 bits per heavy atom. The normalized spacial score (nSPS) is 11.1. The molecule has 0 aliphatic heterocycles. The van der Waals surface area contributed by atoms with Crippen LogP contribution in [0.15, 0.2) is 76.5 Å². The van der Waals surface area contributed by atoms with E-state index in [1.807, 2.05) is 73.8 Å². The quantitative estimate of drug-likeness (QED) is 0.231. The van der Waals surface area contributed by atoms with Crippen LogP contribution in [0.5, 0.6) is 5.75 Å². The van der Waals surface area contributed by atoms with Crippen LogP contribution in [-0.4, -0.2) is 35.6 Å². The topological polar surface area (TPSA) is 64.8 Å². The molecule has 4 rings (SSSR count).